The monoisotopic (exact) mass is 308 g/mol. The van der Waals surface area contributed by atoms with E-state index in [0.29, 0.717) is 13.1 Å². The summed E-state index contributed by atoms with van der Waals surface area (Å²) in [6, 6.07) is 6.71. The number of hydrogen-bond donors (Lipinski definition) is 2. The topological polar surface area (TPSA) is 76.0 Å². The van der Waals surface area contributed by atoms with E-state index < -0.39 is 10.0 Å². The molecule has 0 spiro atoms. The number of sulfonamides is 1. The van der Waals surface area contributed by atoms with Crippen LogP contribution in [0.25, 0.3) is 0 Å². The van der Waals surface area contributed by atoms with Crippen LogP contribution in [0.1, 0.15) is 12.5 Å². The maximum absolute atomic E-state index is 12.1. The predicted molar refractivity (Wildman–Crippen MR) is 82.8 cm³/mol. The van der Waals surface area contributed by atoms with Gasteiger partial charge in [-0.15, -0.1) is 0 Å². The lowest BCUT2D eigenvalue weighted by Crippen LogP contribution is -2.27. The van der Waals surface area contributed by atoms with Crippen molar-refractivity contribution in [3.63, 3.8) is 0 Å². The second-order valence-corrected chi connectivity index (χ2v) is 6.50. The number of benzene rings is 1. The van der Waals surface area contributed by atoms with Gasteiger partial charge in [0.1, 0.15) is 0 Å². The Morgan fingerprint density at radius 1 is 1.24 bits per heavy atom. The van der Waals surface area contributed by atoms with E-state index in [1.165, 1.54) is 0 Å². The molecule has 1 heterocycles. The van der Waals surface area contributed by atoms with Gasteiger partial charge in [0.05, 0.1) is 17.6 Å². The van der Waals surface area contributed by atoms with Crippen LogP contribution in [0.3, 0.4) is 0 Å². The Morgan fingerprint density at radius 3 is 2.52 bits per heavy atom. The molecule has 1 aromatic carbocycles. The van der Waals surface area contributed by atoms with Gasteiger partial charge < -0.3 is 5.32 Å². The van der Waals surface area contributed by atoms with Crippen molar-refractivity contribution in [3.8, 4) is 0 Å². The molecular formula is C14H20N4O2S. The molecule has 0 aliphatic carbocycles. The van der Waals surface area contributed by atoms with Gasteiger partial charge in [0, 0.05) is 25.0 Å². The Morgan fingerprint density at radius 2 is 1.95 bits per heavy atom. The van der Waals surface area contributed by atoms with E-state index in [1.54, 1.807) is 35.1 Å². The van der Waals surface area contributed by atoms with Crippen LogP contribution in [-0.4, -0.2) is 31.3 Å². The molecule has 114 valence electrons. The Kier molecular flexibility index (Phi) is 4.98. The molecule has 0 unspecified atom stereocenters. The van der Waals surface area contributed by atoms with Crippen LogP contribution >= 0.6 is 0 Å². The van der Waals surface area contributed by atoms with Gasteiger partial charge in [-0.05, 0) is 43.7 Å². The van der Waals surface area contributed by atoms with E-state index in [-0.39, 0.29) is 4.90 Å². The molecule has 0 saturated carbocycles. The van der Waals surface area contributed by atoms with Crippen LogP contribution in [0.2, 0.25) is 0 Å². The van der Waals surface area contributed by atoms with Crippen molar-refractivity contribution >= 4 is 15.7 Å². The van der Waals surface area contributed by atoms with E-state index in [4.69, 9.17) is 0 Å². The quantitative estimate of drug-likeness (QED) is 0.814. The molecule has 1 aromatic heterocycles. The van der Waals surface area contributed by atoms with Gasteiger partial charge in [-0.3, -0.25) is 4.68 Å². The van der Waals surface area contributed by atoms with E-state index in [2.05, 4.69) is 15.1 Å². The van der Waals surface area contributed by atoms with Gasteiger partial charge in [-0.2, -0.15) is 5.10 Å². The van der Waals surface area contributed by atoms with E-state index in [9.17, 15) is 8.42 Å². The minimum atomic E-state index is -3.47. The summed E-state index contributed by atoms with van der Waals surface area (Å²) >= 11 is 0. The molecule has 0 aliphatic rings. The minimum absolute atomic E-state index is 0.265. The van der Waals surface area contributed by atoms with Crippen LogP contribution < -0.4 is 10.0 Å². The standard InChI is InChI=1S/C14H20N4O2S/c1-3-15-13-4-6-14(7-5-13)21(19,20)17-8-9-18-11-12(2)10-16-18/h4-7,10-11,15,17H,3,8-9H2,1-2H3. The zero-order chi connectivity index (χ0) is 15.3. The second-order valence-electron chi connectivity index (χ2n) is 4.73. The molecule has 2 N–H and O–H groups in total. The van der Waals surface area contributed by atoms with Gasteiger partial charge in [0.2, 0.25) is 10.0 Å². The molecular weight excluding hydrogens is 288 g/mol. The predicted octanol–water partition coefficient (Wildman–Crippen LogP) is 1.60. The molecule has 2 rings (SSSR count). The largest absolute Gasteiger partial charge is 0.385 e. The van der Waals surface area contributed by atoms with Crippen LogP contribution in [-0.2, 0) is 16.6 Å². The van der Waals surface area contributed by atoms with Crippen molar-refractivity contribution < 1.29 is 8.42 Å². The zero-order valence-electron chi connectivity index (χ0n) is 12.2. The van der Waals surface area contributed by atoms with E-state index in [1.807, 2.05) is 20.0 Å². The lowest BCUT2D eigenvalue weighted by molar-refractivity contribution is 0.561. The van der Waals surface area contributed by atoms with Gasteiger partial charge in [-0.1, -0.05) is 0 Å². The van der Waals surface area contributed by atoms with Crippen molar-refractivity contribution in [2.45, 2.75) is 25.3 Å². The first-order valence-corrected chi connectivity index (χ1v) is 8.32. The lowest BCUT2D eigenvalue weighted by atomic mass is 10.3. The Balaban J connectivity index is 1.94. The number of nitrogens with one attached hydrogen (secondary N) is 2. The number of rotatable bonds is 7. The highest BCUT2D eigenvalue weighted by Gasteiger charge is 2.13. The Labute approximate surface area is 125 Å². The van der Waals surface area contributed by atoms with E-state index >= 15 is 0 Å². The van der Waals surface area contributed by atoms with Crippen LogP contribution in [0, 0.1) is 6.92 Å². The first-order valence-electron chi connectivity index (χ1n) is 6.84. The third kappa shape index (κ3) is 4.30. The second kappa shape index (κ2) is 6.73. The summed E-state index contributed by atoms with van der Waals surface area (Å²) in [6.45, 7) is 5.54. The van der Waals surface area contributed by atoms with E-state index in [0.717, 1.165) is 17.8 Å². The summed E-state index contributed by atoms with van der Waals surface area (Å²) in [7, 11) is -3.47. The van der Waals surface area contributed by atoms with Gasteiger partial charge in [0.25, 0.3) is 0 Å². The summed E-state index contributed by atoms with van der Waals surface area (Å²) in [5.74, 6) is 0. The average Bonchev–Trinajstić information content (AvgIpc) is 2.85. The third-order valence-corrected chi connectivity index (χ3v) is 4.42. The summed E-state index contributed by atoms with van der Waals surface area (Å²) in [5.41, 5.74) is 1.96. The molecule has 7 heteroatoms. The normalized spacial score (nSPS) is 11.5. The molecule has 0 saturated heterocycles. The average molecular weight is 308 g/mol. The Bertz CT molecular complexity index is 677. The molecule has 0 bridgehead atoms. The Hall–Kier alpha value is -1.86. The van der Waals surface area contributed by atoms with Crippen molar-refractivity contribution in [1.29, 1.82) is 0 Å². The van der Waals surface area contributed by atoms with Crippen molar-refractivity contribution in [2.75, 3.05) is 18.4 Å². The highest BCUT2D eigenvalue weighted by molar-refractivity contribution is 7.89. The summed E-state index contributed by atoms with van der Waals surface area (Å²) in [4.78, 5) is 0.265. The third-order valence-electron chi connectivity index (χ3n) is 2.94. The van der Waals surface area contributed by atoms with Gasteiger partial charge in [0.15, 0.2) is 0 Å². The summed E-state index contributed by atoms with van der Waals surface area (Å²) < 4.78 is 28.6. The first-order chi connectivity index (χ1) is 10.0. The van der Waals surface area contributed by atoms with Crippen LogP contribution in [0.5, 0.6) is 0 Å². The smallest absolute Gasteiger partial charge is 0.240 e. The molecule has 0 atom stereocenters. The van der Waals surface area contributed by atoms with Gasteiger partial charge >= 0.3 is 0 Å². The molecule has 0 radical (unpaired) electrons. The summed E-state index contributed by atoms with van der Waals surface area (Å²) in [5, 5.41) is 7.24. The van der Waals surface area contributed by atoms with Gasteiger partial charge in [-0.25, -0.2) is 13.1 Å². The van der Waals surface area contributed by atoms with Crippen LogP contribution in [0.4, 0.5) is 5.69 Å². The fourth-order valence-electron chi connectivity index (χ4n) is 1.92. The van der Waals surface area contributed by atoms with Crippen LogP contribution in [0.15, 0.2) is 41.6 Å². The van der Waals surface area contributed by atoms with Crippen molar-refractivity contribution in [3.05, 3.63) is 42.2 Å². The maximum atomic E-state index is 12.1. The fraction of sp³-hybridized carbons (Fsp3) is 0.357. The SMILES string of the molecule is CCNc1ccc(S(=O)(=O)NCCn2cc(C)cn2)cc1. The highest BCUT2D eigenvalue weighted by Crippen LogP contribution is 2.13. The first kappa shape index (κ1) is 15.5. The number of aromatic nitrogens is 2. The lowest BCUT2D eigenvalue weighted by Gasteiger charge is -2.08. The molecule has 2 aromatic rings. The highest BCUT2D eigenvalue weighted by atomic mass is 32.2. The number of aryl methyl sites for hydroxylation is 1. The minimum Gasteiger partial charge on any atom is -0.385 e. The maximum Gasteiger partial charge on any atom is 0.240 e. The molecule has 0 fully saturated rings. The number of hydrogen-bond acceptors (Lipinski definition) is 4. The molecule has 0 amide bonds. The zero-order valence-corrected chi connectivity index (χ0v) is 13.0. The molecule has 6 nitrogen and oxygen atoms in total. The number of nitrogens with zero attached hydrogens (tertiary/aromatic N) is 2. The summed E-state index contributed by atoms with van der Waals surface area (Å²) in [6.07, 6.45) is 3.62. The number of anilines is 1. The molecule has 21 heavy (non-hydrogen) atoms. The van der Waals surface area contributed by atoms with Crippen molar-refractivity contribution in [2.24, 2.45) is 0 Å². The molecule has 0 aliphatic heterocycles. The van der Waals surface area contributed by atoms with Crippen molar-refractivity contribution in [1.82, 2.24) is 14.5 Å². The fourth-order valence-corrected chi connectivity index (χ4v) is 2.94.